The van der Waals surface area contributed by atoms with Crippen molar-refractivity contribution in [1.82, 2.24) is 10.6 Å². The summed E-state index contributed by atoms with van der Waals surface area (Å²) in [7, 11) is 0. The van der Waals surface area contributed by atoms with E-state index in [-0.39, 0.29) is 5.92 Å². The number of carbonyl (C=O) groups excluding carboxylic acids is 3. The molecule has 0 aromatic rings. The zero-order valence-corrected chi connectivity index (χ0v) is 8.79. The number of imide groups is 2. The Bertz CT molecular complexity index is 316. The van der Waals surface area contributed by atoms with Gasteiger partial charge in [0.1, 0.15) is 5.41 Å². The Morgan fingerprint density at radius 3 is 2.13 bits per heavy atom. The Kier molecular flexibility index (Phi) is 2.93. The van der Waals surface area contributed by atoms with E-state index in [2.05, 4.69) is 17.2 Å². The van der Waals surface area contributed by atoms with E-state index in [1.165, 1.54) is 0 Å². The Balaban J connectivity index is 3.16. The minimum absolute atomic E-state index is 0.324. The minimum atomic E-state index is -1.21. The summed E-state index contributed by atoms with van der Waals surface area (Å²) in [6, 6.07) is -0.759. The van der Waals surface area contributed by atoms with Crippen molar-refractivity contribution in [3.8, 4) is 0 Å². The van der Waals surface area contributed by atoms with E-state index >= 15 is 0 Å². The van der Waals surface area contributed by atoms with Gasteiger partial charge < -0.3 is 0 Å². The van der Waals surface area contributed by atoms with Gasteiger partial charge in [0.05, 0.1) is 0 Å². The van der Waals surface area contributed by atoms with Gasteiger partial charge in [0.2, 0.25) is 11.8 Å². The number of rotatable bonds is 3. The molecular weight excluding hydrogens is 196 g/mol. The van der Waals surface area contributed by atoms with Crippen molar-refractivity contribution in [2.45, 2.75) is 20.3 Å². The highest BCUT2D eigenvalue weighted by molar-refractivity contribution is 6.19. The van der Waals surface area contributed by atoms with Gasteiger partial charge in [-0.3, -0.25) is 20.2 Å². The number of allylic oxidation sites excluding steroid dienone is 1. The second-order valence-corrected chi connectivity index (χ2v) is 3.59. The molecule has 1 rings (SSSR count). The fraction of sp³-hybridized carbons (Fsp3) is 0.500. The van der Waals surface area contributed by atoms with Gasteiger partial charge in [-0.05, 0) is 12.3 Å². The summed E-state index contributed by atoms with van der Waals surface area (Å²) in [5, 5.41) is 4.22. The van der Waals surface area contributed by atoms with Crippen LogP contribution >= 0.6 is 0 Å². The van der Waals surface area contributed by atoms with Crippen LogP contribution in [0.1, 0.15) is 20.3 Å². The fourth-order valence-corrected chi connectivity index (χ4v) is 1.82. The van der Waals surface area contributed by atoms with Gasteiger partial charge in [0, 0.05) is 0 Å². The van der Waals surface area contributed by atoms with E-state index in [1.54, 1.807) is 19.9 Å². The number of hydrogen-bond acceptors (Lipinski definition) is 3. The van der Waals surface area contributed by atoms with Crippen LogP contribution in [-0.2, 0) is 9.59 Å². The predicted octanol–water partition coefficient (Wildman–Crippen LogP) is 0.571. The summed E-state index contributed by atoms with van der Waals surface area (Å²) in [6.45, 7) is 7.03. The van der Waals surface area contributed by atoms with Crippen LogP contribution in [0.2, 0.25) is 0 Å². The molecule has 1 atom stereocenters. The molecule has 1 heterocycles. The lowest BCUT2D eigenvalue weighted by Crippen LogP contribution is -2.64. The lowest BCUT2D eigenvalue weighted by Gasteiger charge is -2.36. The molecule has 2 N–H and O–H groups in total. The molecule has 4 amide bonds. The standard InChI is InChI=1S/C10H14N2O3/c1-4-6(3)10(5-2)7(13)11-9(15)12-8(10)14/h4,6H,1,5H2,2-3H3,(H2,11,12,13,14,15). The zero-order valence-electron chi connectivity index (χ0n) is 8.79. The van der Waals surface area contributed by atoms with Crippen molar-refractivity contribution in [2.24, 2.45) is 11.3 Å². The third-order valence-corrected chi connectivity index (χ3v) is 2.95. The quantitative estimate of drug-likeness (QED) is 0.528. The average molecular weight is 210 g/mol. The maximum Gasteiger partial charge on any atom is 0.328 e. The Morgan fingerprint density at radius 1 is 1.33 bits per heavy atom. The van der Waals surface area contributed by atoms with Crippen LogP contribution in [-0.4, -0.2) is 17.8 Å². The predicted molar refractivity (Wildman–Crippen MR) is 53.8 cm³/mol. The lowest BCUT2D eigenvalue weighted by atomic mass is 9.71. The fourth-order valence-electron chi connectivity index (χ4n) is 1.82. The molecule has 15 heavy (non-hydrogen) atoms. The second kappa shape index (κ2) is 3.84. The third kappa shape index (κ3) is 1.54. The monoisotopic (exact) mass is 210 g/mol. The largest absolute Gasteiger partial charge is 0.328 e. The van der Waals surface area contributed by atoms with Crippen molar-refractivity contribution in [3.05, 3.63) is 12.7 Å². The summed E-state index contributed by atoms with van der Waals surface area (Å²) in [5.41, 5.74) is -1.21. The van der Waals surface area contributed by atoms with Gasteiger partial charge in [-0.1, -0.05) is 19.9 Å². The zero-order chi connectivity index (χ0) is 11.6. The molecule has 5 heteroatoms. The van der Waals surface area contributed by atoms with E-state index in [0.717, 1.165) is 0 Å². The first-order valence-electron chi connectivity index (χ1n) is 4.78. The van der Waals surface area contributed by atoms with E-state index in [9.17, 15) is 14.4 Å². The number of carbonyl (C=O) groups is 3. The van der Waals surface area contributed by atoms with Crippen molar-refractivity contribution in [1.29, 1.82) is 0 Å². The first kappa shape index (κ1) is 11.4. The molecule has 1 aliphatic rings. The lowest BCUT2D eigenvalue weighted by molar-refractivity contribution is -0.147. The molecule has 0 spiro atoms. The topological polar surface area (TPSA) is 75.3 Å². The second-order valence-electron chi connectivity index (χ2n) is 3.59. The average Bonchev–Trinajstić information content (AvgIpc) is 2.17. The van der Waals surface area contributed by atoms with Crippen LogP contribution in [0.3, 0.4) is 0 Å². The molecule has 0 bridgehead atoms. The highest BCUT2D eigenvalue weighted by atomic mass is 16.2. The maximum atomic E-state index is 11.7. The minimum Gasteiger partial charge on any atom is -0.277 e. The van der Waals surface area contributed by atoms with Gasteiger partial charge in [0.15, 0.2) is 0 Å². The molecular formula is C10H14N2O3. The number of urea groups is 1. The first-order valence-corrected chi connectivity index (χ1v) is 4.78. The normalized spacial score (nSPS) is 21.6. The Labute approximate surface area is 87.9 Å². The summed E-state index contributed by atoms with van der Waals surface area (Å²) >= 11 is 0. The number of barbiturate groups is 1. The van der Waals surface area contributed by atoms with Crippen LogP contribution in [0.5, 0.6) is 0 Å². The Morgan fingerprint density at radius 2 is 1.80 bits per heavy atom. The molecule has 1 aliphatic heterocycles. The highest BCUT2D eigenvalue weighted by Gasteiger charge is 2.51. The SMILES string of the molecule is C=CC(C)C1(CC)C(=O)NC(=O)NC1=O. The van der Waals surface area contributed by atoms with E-state index < -0.39 is 23.3 Å². The summed E-state index contributed by atoms with van der Waals surface area (Å²) < 4.78 is 0. The van der Waals surface area contributed by atoms with Crippen molar-refractivity contribution < 1.29 is 14.4 Å². The summed E-state index contributed by atoms with van der Waals surface area (Å²) in [6.07, 6.45) is 1.86. The molecule has 1 saturated heterocycles. The molecule has 82 valence electrons. The van der Waals surface area contributed by atoms with Crippen LogP contribution in [0.15, 0.2) is 12.7 Å². The van der Waals surface area contributed by atoms with Gasteiger partial charge in [-0.15, -0.1) is 6.58 Å². The van der Waals surface area contributed by atoms with Crippen LogP contribution < -0.4 is 10.6 Å². The van der Waals surface area contributed by atoms with E-state index in [0.29, 0.717) is 6.42 Å². The van der Waals surface area contributed by atoms with Crippen LogP contribution in [0, 0.1) is 11.3 Å². The number of hydrogen-bond donors (Lipinski definition) is 2. The summed E-state index contributed by atoms with van der Waals surface area (Å²) in [4.78, 5) is 34.4. The number of amides is 4. The molecule has 0 radical (unpaired) electrons. The summed E-state index contributed by atoms with van der Waals surface area (Å²) in [5.74, 6) is -1.42. The van der Waals surface area contributed by atoms with Crippen LogP contribution in [0.25, 0.3) is 0 Å². The van der Waals surface area contributed by atoms with Gasteiger partial charge in [-0.25, -0.2) is 4.79 Å². The molecule has 0 aromatic carbocycles. The molecule has 0 aliphatic carbocycles. The van der Waals surface area contributed by atoms with Gasteiger partial charge in [-0.2, -0.15) is 0 Å². The Hall–Kier alpha value is -1.65. The van der Waals surface area contributed by atoms with Gasteiger partial charge >= 0.3 is 6.03 Å². The van der Waals surface area contributed by atoms with E-state index in [4.69, 9.17) is 0 Å². The van der Waals surface area contributed by atoms with Gasteiger partial charge in [0.25, 0.3) is 0 Å². The van der Waals surface area contributed by atoms with E-state index in [1.807, 2.05) is 0 Å². The molecule has 1 unspecified atom stereocenters. The molecule has 0 aromatic heterocycles. The van der Waals surface area contributed by atoms with Crippen LogP contribution in [0.4, 0.5) is 4.79 Å². The molecule has 5 nitrogen and oxygen atoms in total. The number of nitrogens with one attached hydrogen (secondary N) is 2. The third-order valence-electron chi connectivity index (χ3n) is 2.95. The smallest absolute Gasteiger partial charge is 0.277 e. The molecule has 1 fully saturated rings. The molecule has 0 saturated carbocycles. The van der Waals surface area contributed by atoms with Crippen molar-refractivity contribution in [2.75, 3.05) is 0 Å². The first-order chi connectivity index (χ1) is 6.98. The highest BCUT2D eigenvalue weighted by Crippen LogP contribution is 2.34. The maximum absolute atomic E-state index is 11.7. The van der Waals surface area contributed by atoms with Crippen molar-refractivity contribution in [3.63, 3.8) is 0 Å². The van der Waals surface area contributed by atoms with Crippen molar-refractivity contribution >= 4 is 17.8 Å².